The van der Waals surface area contributed by atoms with Crippen LogP contribution in [-0.4, -0.2) is 16.5 Å². The lowest BCUT2D eigenvalue weighted by Gasteiger charge is -2.05. The third kappa shape index (κ3) is 1.27. The predicted octanol–water partition coefficient (Wildman–Crippen LogP) is 2.60. The minimum absolute atomic E-state index is 0.737. The van der Waals surface area contributed by atoms with Crippen molar-refractivity contribution in [2.45, 2.75) is 0 Å². The molecule has 0 atom stereocenters. The largest absolute Gasteiger partial charge is 0.482 e. The molecule has 3 rings (SSSR count). The maximum absolute atomic E-state index is 5.35. The minimum atomic E-state index is 0.737. The number of furan rings is 1. The highest BCUT2D eigenvalue weighted by molar-refractivity contribution is 5.65. The van der Waals surface area contributed by atoms with Crippen LogP contribution in [0.2, 0.25) is 0 Å². The summed E-state index contributed by atoms with van der Waals surface area (Å²) in [6.45, 7) is 0. The van der Waals surface area contributed by atoms with Crippen LogP contribution in [0, 0.1) is 0 Å². The molecule has 0 amide bonds. The number of pyridine rings is 1. The van der Waals surface area contributed by atoms with Crippen LogP contribution in [0.15, 0.2) is 47.3 Å². The van der Waals surface area contributed by atoms with Gasteiger partial charge in [0.05, 0.1) is 13.4 Å². The van der Waals surface area contributed by atoms with Crippen LogP contribution in [0.1, 0.15) is 0 Å². The van der Waals surface area contributed by atoms with Crippen molar-refractivity contribution in [3.63, 3.8) is 0 Å². The van der Waals surface area contributed by atoms with Crippen molar-refractivity contribution in [1.29, 1.82) is 0 Å². The van der Waals surface area contributed by atoms with E-state index in [0.29, 0.717) is 0 Å². The van der Waals surface area contributed by atoms with E-state index in [2.05, 4.69) is 4.98 Å². The van der Waals surface area contributed by atoms with E-state index >= 15 is 0 Å². The molecule has 16 heavy (non-hydrogen) atoms. The molecule has 0 unspecified atom stereocenters. The van der Waals surface area contributed by atoms with Crippen molar-refractivity contribution in [3.05, 3.63) is 42.9 Å². The Labute approximate surface area is 92.1 Å². The Bertz CT molecular complexity index is 611. The SMILES string of the molecule is COc1cc(-c2ccco2)cc2nccn12. The van der Waals surface area contributed by atoms with Crippen LogP contribution < -0.4 is 4.74 Å². The zero-order valence-corrected chi connectivity index (χ0v) is 8.75. The van der Waals surface area contributed by atoms with Crippen LogP contribution in [0.5, 0.6) is 5.88 Å². The maximum atomic E-state index is 5.35. The van der Waals surface area contributed by atoms with E-state index in [4.69, 9.17) is 9.15 Å². The molecule has 0 bridgehead atoms. The maximum Gasteiger partial charge on any atom is 0.199 e. The number of hydrogen-bond donors (Lipinski definition) is 0. The number of rotatable bonds is 2. The smallest absolute Gasteiger partial charge is 0.199 e. The van der Waals surface area contributed by atoms with Crippen molar-refractivity contribution >= 4 is 5.65 Å². The second-order valence-corrected chi connectivity index (χ2v) is 3.42. The molecule has 4 nitrogen and oxygen atoms in total. The summed E-state index contributed by atoms with van der Waals surface area (Å²) < 4.78 is 12.5. The van der Waals surface area contributed by atoms with Crippen LogP contribution in [0.3, 0.4) is 0 Å². The van der Waals surface area contributed by atoms with Gasteiger partial charge in [0.2, 0.25) is 0 Å². The Morgan fingerprint density at radius 1 is 1.38 bits per heavy atom. The van der Waals surface area contributed by atoms with Gasteiger partial charge in [-0.25, -0.2) is 4.98 Å². The van der Waals surface area contributed by atoms with E-state index in [-0.39, 0.29) is 0 Å². The lowest BCUT2D eigenvalue weighted by molar-refractivity contribution is 0.392. The molecule has 0 aliphatic heterocycles. The van der Waals surface area contributed by atoms with Crippen molar-refractivity contribution in [2.24, 2.45) is 0 Å². The Hall–Kier alpha value is -2.23. The van der Waals surface area contributed by atoms with E-state index in [1.54, 1.807) is 19.6 Å². The lowest BCUT2D eigenvalue weighted by Crippen LogP contribution is -1.93. The van der Waals surface area contributed by atoms with Crippen molar-refractivity contribution < 1.29 is 9.15 Å². The molecule has 4 heteroatoms. The third-order valence-electron chi connectivity index (χ3n) is 2.49. The molecule has 0 radical (unpaired) electrons. The number of fused-ring (bicyclic) bond motifs is 1. The lowest BCUT2D eigenvalue weighted by atomic mass is 10.2. The standard InChI is InChI=1S/C12H10N2O2/c1-15-12-8-9(10-3-2-6-16-10)7-11-13-4-5-14(11)12/h2-8H,1H3. The van der Waals surface area contributed by atoms with Gasteiger partial charge in [-0.15, -0.1) is 0 Å². The Kier molecular flexibility index (Phi) is 1.93. The Balaban J connectivity index is 2.27. The van der Waals surface area contributed by atoms with Gasteiger partial charge < -0.3 is 9.15 Å². The number of hydrogen-bond acceptors (Lipinski definition) is 3. The molecule has 0 saturated heterocycles. The summed E-state index contributed by atoms with van der Waals surface area (Å²) in [6, 6.07) is 7.65. The zero-order chi connectivity index (χ0) is 11.0. The van der Waals surface area contributed by atoms with Crippen molar-refractivity contribution in [2.75, 3.05) is 7.11 Å². The fourth-order valence-corrected chi connectivity index (χ4v) is 1.73. The molecule has 3 aromatic rings. The molecule has 0 aromatic carbocycles. The van der Waals surface area contributed by atoms with Gasteiger partial charge in [0.1, 0.15) is 11.4 Å². The first-order valence-corrected chi connectivity index (χ1v) is 4.93. The van der Waals surface area contributed by atoms with E-state index in [1.807, 2.05) is 34.9 Å². The molecule has 0 N–H and O–H groups in total. The number of aromatic nitrogens is 2. The van der Waals surface area contributed by atoms with Crippen LogP contribution in [-0.2, 0) is 0 Å². The summed E-state index contributed by atoms with van der Waals surface area (Å²) in [4.78, 5) is 4.24. The molecule has 80 valence electrons. The fourth-order valence-electron chi connectivity index (χ4n) is 1.73. The summed E-state index contributed by atoms with van der Waals surface area (Å²) in [5, 5.41) is 0. The topological polar surface area (TPSA) is 39.7 Å². The van der Waals surface area contributed by atoms with Gasteiger partial charge >= 0.3 is 0 Å². The molecule has 3 heterocycles. The summed E-state index contributed by atoms with van der Waals surface area (Å²) in [6.07, 6.45) is 5.25. The molecule has 0 saturated carbocycles. The zero-order valence-electron chi connectivity index (χ0n) is 8.75. The molecular formula is C12H10N2O2. The number of imidazole rings is 1. The van der Waals surface area contributed by atoms with Gasteiger partial charge in [-0.1, -0.05) is 0 Å². The highest BCUT2D eigenvalue weighted by Gasteiger charge is 2.07. The summed E-state index contributed by atoms with van der Waals surface area (Å²) in [5.74, 6) is 1.55. The van der Waals surface area contributed by atoms with Crippen LogP contribution in [0.25, 0.3) is 17.0 Å². The minimum Gasteiger partial charge on any atom is -0.482 e. The number of methoxy groups -OCH3 is 1. The number of ether oxygens (including phenoxy) is 1. The Morgan fingerprint density at radius 2 is 2.31 bits per heavy atom. The molecule has 0 aliphatic rings. The van der Waals surface area contributed by atoms with E-state index in [1.165, 1.54) is 0 Å². The van der Waals surface area contributed by atoms with Gasteiger partial charge in [-0.3, -0.25) is 4.40 Å². The molecule has 0 spiro atoms. The van der Waals surface area contributed by atoms with Crippen LogP contribution >= 0.6 is 0 Å². The first kappa shape index (κ1) is 9.03. The highest BCUT2D eigenvalue weighted by Crippen LogP contribution is 2.26. The quantitative estimate of drug-likeness (QED) is 0.658. The molecular weight excluding hydrogens is 204 g/mol. The summed E-state index contributed by atoms with van der Waals surface area (Å²) in [7, 11) is 1.64. The predicted molar refractivity (Wildman–Crippen MR) is 59.4 cm³/mol. The van der Waals surface area contributed by atoms with Crippen LogP contribution in [0.4, 0.5) is 0 Å². The molecule has 3 aromatic heterocycles. The van der Waals surface area contributed by atoms with Gasteiger partial charge in [-0.05, 0) is 18.2 Å². The second kappa shape index (κ2) is 3.41. The fraction of sp³-hybridized carbons (Fsp3) is 0.0833. The monoisotopic (exact) mass is 214 g/mol. The van der Waals surface area contributed by atoms with Gasteiger partial charge in [0, 0.05) is 24.0 Å². The third-order valence-corrected chi connectivity index (χ3v) is 2.49. The van der Waals surface area contributed by atoms with Gasteiger partial charge in [0.25, 0.3) is 0 Å². The Morgan fingerprint density at radius 3 is 3.06 bits per heavy atom. The second-order valence-electron chi connectivity index (χ2n) is 3.42. The van der Waals surface area contributed by atoms with Crippen molar-refractivity contribution in [1.82, 2.24) is 9.38 Å². The summed E-state index contributed by atoms with van der Waals surface area (Å²) >= 11 is 0. The average molecular weight is 214 g/mol. The first-order valence-electron chi connectivity index (χ1n) is 4.93. The molecule has 0 aliphatic carbocycles. The van der Waals surface area contributed by atoms with Gasteiger partial charge in [0.15, 0.2) is 5.88 Å². The average Bonchev–Trinajstić information content (AvgIpc) is 2.97. The van der Waals surface area contributed by atoms with Gasteiger partial charge in [-0.2, -0.15) is 0 Å². The number of nitrogens with zero attached hydrogens (tertiary/aromatic N) is 2. The van der Waals surface area contributed by atoms with Crippen molar-refractivity contribution in [3.8, 4) is 17.2 Å². The van der Waals surface area contributed by atoms with E-state index in [9.17, 15) is 0 Å². The van der Waals surface area contributed by atoms with E-state index < -0.39 is 0 Å². The summed E-state index contributed by atoms with van der Waals surface area (Å²) in [5.41, 5.74) is 1.80. The highest BCUT2D eigenvalue weighted by atomic mass is 16.5. The first-order chi connectivity index (χ1) is 7.88. The molecule has 0 fully saturated rings. The van der Waals surface area contributed by atoms with E-state index in [0.717, 1.165) is 22.9 Å². The normalized spacial score (nSPS) is 10.8.